The van der Waals surface area contributed by atoms with Crippen LogP contribution in [0.5, 0.6) is 0 Å². The molecule has 115 valence electrons. The van der Waals surface area contributed by atoms with Gasteiger partial charge in [-0.1, -0.05) is 62.1 Å². The standard InChI is InChI=1S/C19H21.2ClH.Zr/c1-3-5-14-7-9-18-16(11-14)13-17-12-15(6-4-2)8-10-19(17)18;;;/h7-13H,3-6H2,1-2H3;2*1H;/q-1;;;+3/p-2. The van der Waals surface area contributed by atoms with Gasteiger partial charge in [-0.15, -0.1) is 39.7 Å². The van der Waals surface area contributed by atoms with Crippen LogP contribution in [0.4, 0.5) is 0 Å². The molecule has 0 saturated heterocycles. The average Bonchev–Trinajstić information content (AvgIpc) is 2.76. The number of hydrogen-bond donors (Lipinski definition) is 0. The van der Waals surface area contributed by atoms with Gasteiger partial charge in [-0.05, 0) is 12.8 Å². The Hall–Kier alpha value is -0.227. The zero-order valence-corrected chi connectivity index (χ0v) is 17.1. The van der Waals surface area contributed by atoms with Crippen molar-refractivity contribution in [3.05, 3.63) is 53.6 Å². The third-order valence-corrected chi connectivity index (χ3v) is 3.91. The van der Waals surface area contributed by atoms with Crippen LogP contribution in [0.25, 0.3) is 21.5 Å². The first-order chi connectivity index (χ1) is 9.31. The van der Waals surface area contributed by atoms with Gasteiger partial charge in [0.2, 0.25) is 0 Å². The third kappa shape index (κ3) is 4.41. The molecule has 22 heavy (non-hydrogen) atoms. The van der Waals surface area contributed by atoms with Gasteiger partial charge in [0.25, 0.3) is 0 Å². The summed E-state index contributed by atoms with van der Waals surface area (Å²) >= 11 is 0. The summed E-state index contributed by atoms with van der Waals surface area (Å²) in [5.41, 5.74) is 2.91. The molecule has 0 atom stereocenters. The van der Waals surface area contributed by atoms with Crippen LogP contribution in [-0.4, -0.2) is 0 Å². The largest absolute Gasteiger partial charge is 3.00 e. The minimum atomic E-state index is 0. The second-order valence-corrected chi connectivity index (χ2v) is 5.49. The molecule has 0 aliphatic rings. The van der Waals surface area contributed by atoms with Crippen molar-refractivity contribution in [2.45, 2.75) is 39.5 Å². The molecule has 0 heterocycles. The van der Waals surface area contributed by atoms with Crippen molar-refractivity contribution >= 4 is 21.5 Å². The monoisotopic (exact) mass is 409 g/mol. The molecule has 0 aliphatic heterocycles. The van der Waals surface area contributed by atoms with E-state index in [-0.39, 0.29) is 51.0 Å². The van der Waals surface area contributed by atoms with Gasteiger partial charge in [-0.25, -0.2) is 0 Å². The van der Waals surface area contributed by atoms with E-state index in [0.717, 1.165) is 0 Å². The first kappa shape index (κ1) is 21.8. The first-order valence-corrected chi connectivity index (χ1v) is 7.42. The van der Waals surface area contributed by atoms with Crippen molar-refractivity contribution in [1.82, 2.24) is 0 Å². The quantitative estimate of drug-likeness (QED) is 0.514. The van der Waals surface area contributed by atoms with Crippen molar-refractivity contribution in [1.29, 1.82) is 0 Å². The van der Waals surface area contributed by atoms with Gasteiger partial charge in [-0.3, -0.25) is 0 Å². The minimum Gasteiger partial charge on any atom is -1.00 e. The number of aryl methyl sites for hydroxylation is 2. The van der Waals surface area contributed by atoms with E-state index in [9.17, 15) is 0 Å². The Bertz CT molecular complexity index is 656. The SMILES string of the molecule is CCCc1ccc2c(c1)[cH-]c1cc(CCC)ccc12.[Cl-].[Cl-].[Zr+3]. The summed E-state index contributed by atoms with van der Waals surface area (Å²) in [5.74, 6) is 0. The molecule has 0 aromatic heterocycles. The summed E-state index contributed by atoms with van der Waals surface area (Å²) in [5, 5.41) is 5.60. The van der Waals surface area contributed by atoms with Crippen molar-refractivity contribution in [3.63, 3.8) is 0 Å². The van der Waals surface area contributed by atoms with Crippen LogP contribution in [0.2, 0.25) is 0 Å². The normalized spacial score (nSPS) is 9.91. The number of rotatable bonds is 4. The van der Waals surface area contributed by atoms with E-state index in [1.165, 1.54) is 58.4 Å². The molecule has 3 heteroatoms. The van der Waals surface area contributed by atoms with E-state index in [2.05, 4.69) is 56.3 Å². The van der Waals surface area contributed by atoms with E-state index in [1.54, 1.807) is 0 Å². The fourth-order valence-corrected chi connectivity index (χ4v) is 3.01. The van der Waals surface area contributed by atoms with Crippen LogP contribution in [-0.2, 0) is 39.0 Å². The average molecular weight is 412 g/mol. The fourth-order valence-electron chi connectivity index (χ4n) is 3.01. The molecule has 0 N–H and O–H groups in total. The second kappa shape index (κ2) is 9.81. The Kier molecular flexibility index (Phi) is 9.71. The van der Waals surface area contributed by atoms with Gasteiger partial charge in [-0.2, -0.15) is 0 Å². The molecule has 0 bridgehead atoms. The number of hydrogen-bond acceptors (Lipinski definition) is 0. The maximum Gasteiger partial charge on any atom is 3.00 e. The van der Waals surface area contributed by atoms with Gasteiger partial charge >= 0.3 is 26.2 Å². The summed E-state index contributed by atoms with van der Waals surface area (Å²) in [7, 11) is 0. The van der Waals surface area contributed by atoms with Crippen LogP contribution in [0, 0.1) is 0 Å². The van der Waals surface area contributed by atoms with E-state index in [0.29, 0.717) is 0 Å². The van der Waals surface area contributed by atoms with Crippen LogP contribution < -0.4 is 24.8 Å². The Morgan fingerprint density at radius 3 is 1.50 bits per heavy atom. The van der Waals surface area contributed by atoms with Gasteiger partial charge in [0.15, 0.2) is 0 Å². The smallest absolute Gasteiger partial charge is 1.00 e. The molecule has 0 saturated carbocycles. The Morgan fingerprint density at radius 2 is 1.14 bits per heavy atom. The predicted octanol–water partition coefficient (Wildman–Crippen LogP) is -0.378. The molecule has 0 unspecified atom stereocenters. The van der Waals surface area contributed by atoms with E-state index in [4.69, 9.17) is 0 Å². The third-order valence-electron chi connectivity index (χ3n) is 3.91. The Labute approximate surface area is 165 Å². The molecule has 0 fully saturated rings. The number of fused-ring (bicyclic) bond motifs is 3. The molecule has 3 rings (SSSR count). The second-order valence-electron chi connectivity index (χ2n) is 5.49. The predicted molar refractivity (Wildman–Crippen MR) is 85.0 cm³/mol. The van der Waals surface area contributed by atoms with Crippen molar-refractivity contribution in [2.24, 2.45) is 0 Å². The molecule has 0 nitrogen and oxygen atoms in total. The molecular weight excluding hydrogens is 390 g/mol. The zero-order chi connectivity index (χ0) is 13.2. The molecule has 3 aromatic carbocycles. The van der Waals surface area contributed by atoms with Gasteiger partial charge < -0.3 is 24.8 Å². The maximum atomic E-state index is 2.36. The Balaban J connectivity index is 0.00000147. The fraction of sp³-hybridized carbons (Fsp3) is 0.316. The van der Waals surface area contributed by atoms with Gasteiger partial charge in [0, 0.05) is 0 Å². The van der Waals surface area contributed by atoms with Crippen LogP contribution in [0.15, 0.2) is 42.5 Å². The molecular formula is C19H21Cl2Zr. The summed E-state index contributed by atoms with van der Waals surface area (Å²) in [6, 6.07) is 16.2. The summed E-state index contributed by atoms with van der Waals surface area (Å²) in [4.78, 5) is 0. The zero-order valence-electron chi connectivity index (χ0n) is 13.1. The number of benzene rings is 2. The molecule has 1 radical (unpaired) electrons. The summed E-state index contributed by atoms with van der Waals surface area (Å²) < 4.78 is 0. The summed E-state index contributed by atoms with van der Waals surface area (Å²) in [6.07, 6.45) is 4.79. The molecule has 3 aromatic rings. The Morgan fingerprint density at radius 1 is 0.727 bits per heavy atom. The van der Waals surface area contributed by atoms with Crippen molar-refractivity contribution < 1.29 is 51.0 Å². The van der Waals surface area contributed by atoms with Crippen LogP contribution in [0.1, 0.15) is 37.8 Å². The molecule has 0 aliphatic carbocycles. The van der Waals surface area contributed by atoms with E-state index < -0.39 is 0 Å². The van der Waals surface area contributed by atoms with Crippen LogP contribution in [0.3, 0.4) is 0 Å². The topological polar surface area (TPSA) is 0 Å². The maximum absolute atomic E-state index is 2.36. The molecule has 0 spiro atoms. The number of halogens is 2. The first-order valence-electron chi connectivity index (χ1n) is 7.42. The van der Waals surface area contributed by atoms with Gasteiger partial charge in [0.1, 0.15) is 0 Å². The van der Waals surface area contributed by atoms with Gasteiger partial charge in [0.05, 0.1) is 0 Å². The van der Waals surface area contributed by atoms with E-state index in [1.807, 2.05) is 0 Å². The molecule has 0 amide bonds. The van der Waals surface area contributed by atoms with Crippen molar-refractivity contribution in [2.75, 3.05) is 0 Å². The van der Waals surface area contributed by atoms with Crippen LogP contribution >= 0.6 is 0 Å². The minimum absolute atomic E-state index is 0. The van der Waals surface area contributed by atoms with E-state index >= 15 is 0 Å². The summed E-state index contributed by atoms with van der Waals surface area (Å²) in [6.45, 7) is 4.48. The van der Waals surface area contributed by atoms with Crippen molar-refractivity contribution in [3.8, 4) is 0 Å².